The van der Waals surface area contributed by atoms with Crippen LogP contribution < -0.4 is 10.2 Å². The third-order valence-corrected chi connectivity index (χ3v) is 4.47. The summed E-state index contributed by atoms with van der Waals surface area (Å²) in [4.78, 5) is 23.2. The summed E-state index contributed by atoms with van der Waals surface area (Å²) in [6.07, 6.45) is 6.33. The van der Waals surface area contributed by atoms with Gasteiger partial charge in [0.25, 0.3) is 5.91 Å². The fraction of sp³-hybridized carbons (Fsp3) is 0.526. The van der Waals surface area contributed by atoms with Gasteiger partial charge >= 0.3 is 0 Å². The Kier molecular flexibility index (Phi) is 6.22. The van der Waals surface area contributed by atoms with Crippen LogP contribution in [0.4, 0.5) is 5.82 Å². The first kappa shape index (κ1) is 18.4. The maximum absolute atomic E-state index is 12.3. The lowest BCUT2D eigenvalue weighted by Crippen LogP contribution is -2.36. The van der Waals surface area contributed by atoms with Crippen molar-refractivity contribution in [3.05, 3.63) is 42.1 Å². The van der Waals surface area contributed by atoms with Gasteiger partial charge in [0.2, 0.25) is 0 Å². The van der Waals surface area contributed by atoms with Crippen LogP contribution in [0.1, 0.15) is 42.4 Å². The van der Waals surface area contributed by atoms with E-state index in [-0.39, 0.29) is 5.91 Å². The number of carbonyl (C=O) groups is 1. The van der Waals surface area contributed by atoms with E-state index in [0.29, 0.717) is 18.0 Å². The van der Waals surface area contributed by atoms with Gasteiger partial charge in [0.1, 0.15) is 11.6 Å². The second-order valence-corrected chi connectivity index (χ2v) is 6.75. The molecular formula is C19H27N5O2. The minimum atomic E-state index is -0.0826. The number of nitrogens with zero attached hydrogens (tertiary/aromatic N) is 4. The average molecular weight is 357 g/mol. The van der Waals surface area contributed by atoms with Gasteiger partial charge in [0.15, 0.2) is 0 Å². The first-order valence-electron chi connectivity index (χ1n) is 9.23. The van der Waals surface area contributed by atoms with E-state index in [1.165, 1.54) is 0 Å². The number of nitrogens with one attached hydrogen (secondary N) is 1. The van der Waals surface area contributed by atoms with Crippen LogP contribution in [0.25, 0.3) is 0 Å². The Hall–Kier alpha value is -2.41. The van der Waals surface area contributed by atoms with Crippen molar-refractivity contribution in [1.29, 1.82) is 0 Å². The van der Waals surface area contributed by atoms with Gasteiger partial charge in [-0.2, -0.15) is 0 Å². The van der Waals surface area contributed by atoms with Gasteiger partial charge in [0.05, 0.1) is 18.8 Å². The minimum Gasteiger partial charge on any atom is -0.378 e. The fourth-order valence-electron chi connectivity index (χ4n) is 3.06. The Morgan fingerprint density at radius 2 is 2.08 bits per heavy atom. The van der Waals surface area contributed by atoms with Crippen LogP contribution >= 0.6 is 0 Å². The summed E-state index contributed by atoms with van der Waals surface area (Å²) in [7, 11) is 0. The van der Waals surface area contributed by atoms with E-state index in [2.05, 4.69) is 38.6 Å². The number of hydrogen-bond acceptors (Lipinski definition) is 5. The highest BCUT2D eigenvalue weighted by Crippen LogP contribution is 2.13. The van der Waals surface area contributed by atoms with Crippen LogP contribution in [-0.2, 0) is 11.3 Å². The molecule has 0 aromatic carbocycles. The highest BCUT2D eigenvalue weighted by Gasteiger charge is 2.13. The van der Waals surface area contributed by atoms with Crippen molar-refractivity contribution in [3.63, 3.8) is 0 Å². The first-order chi connectivity index (χ1) is 12.6. The average Bonchev–Trinajstić information content (AvgIpc) is 3.15. The Bertz CT molecular complexity index is 705. The second-order valence-electron chi connectivity index (χ2n) is 6.75. The molecule has 3 heterocycles. The van der Waals surface area contributed by atoms with Crippen LogP contribution in [0.3, 0.4) is 0 Å². The predicted octanol–water partition coefficient (Wildman–Crippen LogP) is 2.06. The molecule has 3 rings (SSSR count). The summed E-state index contributed by atoms with van der Waals surface area (Å²) in [5, 5.41) is 2.96. The van der Waals surface area contributed by atoms with Crippen molar-refractivity contribution in [2.45, 2.75) is 32.7 Å². The van der Waals surface area contributed by atoms with Crippen molar-refractivity contribution in [2.75, 3.05) is 37.7 Å². The highest BCUT2D eigenvalue weighted by molar-refractivity contribution is 5.94. The number of carbonyl (C=O) groups excluding carboxylic acids is 1. The van der Waals surface area contributed by atoms with E-state index in [4.69, 9.17) is 4.74 Å². The van der Waals surface area contributed by atoms with Gasteiger partial charge < -0.3 is 19.5 Å². The second kappa shape index (κ2) is 8.80. The van der Waals surface area contributed by atoms with Crippen LogP contribution in [0.15, 0.2) is 30.7 Å². The summed E-state index contributed by atoms with van der Waals surface area (Å²) in [5.74, 6) is 2.29. The molecule has 26 heavy (non-hydrogen) atoms. The number of rotatable bonds is 7. The number of anilines is 1. The minimum absolute atomic E-state index is 0.0826. The zero-order chi connectivity index (χ0) is 18.4. The van der Waals surface area contributed by atoms with E-state index < -0.39 is 0 Å². The molecular weight excluding hydrogens is 330 g/mol. The van der Waals surface area contributed by atoms with Crippen LogP contribution in [0, 0.1) is 0 Å². The molecule has 1 aliphatic heterocycles. The van der Waals surface area contributed by atoms with E-state index in [1.807, 2.05) is 24.5 Å². The molecule has 2 aromatic rings. The highest BCUT2D eigenvalue weighted by atomic mass is 16.5. The standard InChI is InChI=1S/C19H27N5O2/c1-15(2)18-20-7-9-24(18)8-3-6-21-19(25)16-4-5-17(22-14-16)23-10-12-26-13-11-23/h4-5,7,9,14-15H,3,6,8,10-13H2,1-2H3,(H,21,25). The normalized spacial score (nSPS) is 14.7. The van der Waals surface area contributed by atoms with E-state index in [1.54, 1.807) is 6.20 Å². The monoisotopic (exact) mass is 357 g/mol. The van der Waals surface area contributed by atoms with Gasteiger partial charge in [0, 0.05) is 50.7 Å². The number of amides is 1. The number of morpholine rings is 1. The van der Waals surface area contributed by atoms with Crippen molar-refractivity contribution in [2.24, 2.45) is 0 Å². The van der Waals surface area contributed by atoms with Crippen LogP contribution in [0.2, 0.25) is 0 Å². The molecule has 1 fully saturated rings. The molecule has 0 bridgehead atoms. The molecule has 1 saturated heterocycles. The van der Waals surface area contributed by atoms with E-state index in [9.17, 15) is 4.79 Å². The molecule has 1 aliphatic rings. The molecule has 0 saturated carbocycles. The van der Waals surface area contributed by atoms with Crippen LogP contribution in [-0.4, -0.2) is 53.3 Å². The number of aromatic nitrogens is 3. The lowest BCUT2D eigenvalue weighted by atomic mass is 10.2. The van der Waals surface area contributed by atoms with Gasteiger partial charge in [-0.25, -0.2) is 9.97 Å². The van der Waals surface area contributed by atoms with Crippen LogP contribution in [0.5, 0.6) is 0 Å². The zero-order valence-electron chi connectivity index (χ0n) is 15.5. The SMILES string of the molecule is CC(C)c1nccn1CCCNC(=O)c1ccc(N2CCOCC2)nc1. The van der Waals surface area contributed by atoms with E-state index in [0.717, 1.165) is 50.9 Å². The number of imidazole rings is 1. The molecule has 140 valence electrons. The quantitative estimate of drug-likeness (QED) is 0.768. The molecule has 0 radical (unpaired) electrons. The van der Waals surface area contributed by atoms with Gasteiger partial charge in [-0.1, -0.05) is 13.8 Å². The van der Waals surface area contributed by atoms with Gasteiger partial charge in [-0.15, -0.1) is 0 Å². The number of ether oxygens (including phenoxy) is 1. The van der Waals surface area contributed by atoms with Crippen molar-refractivity contribution in [3.8, 4) is 0 Å². The Morgan fingerprint density at radius 1 is 1.27 bits per heavy atom. The molecule has 0 spiro atoms. The lowest BCUT2D eigenvalue weighted by molar-refractivity contribution is 0.0952. The van der Waals surface area contributed by atoms with Crippen molar-refractivity contribution < 1.29 is 9.53 Å². The summed E-state index contributed by atoms with van der Waals surface area (Å²) in [6.45, 7) is 8.86. The van der Waals surface area contributed by atoms with Crippen molar-refractivity contribution >= 4 is 11.7 Å². The maximum Gasteiger partial charge on any atom is 0.252 e. The van der Waals surface area contributed by atoms with Crippen molar-refractivity contribution in [1.82, 2.24) is 19.9 Å². The summed E-state index contributed by atoms with van der Waals surface area (Å²) < 4.78 is 7.49. The maximum atomic E-state index is 12.3. The molecule has 0 aliphatic carbocycles. The largest absolute Gasteiger partial charge is 0.378 e. The predicted molar refractivity (Wildman–Crippen MR) is 101 cm³/mol. The molecule has 0 unspecified atom stereocenters. The third-order valence-electron chi connectivity index (χ3n) is 4.47. The molecule has 1 N–H and O–H groups in total. The molecule has 2 aromatic heterocycles. The molecule has 7 heteroatoms. The summed E-state index contributed by atoms with van der Waals surface area (Å²) in [5.41, 5.74) is 0.590. The fourth-order valence-corrected chi connectivity index (χ4v) is 3.06. The number of aryl methyl sites for hydroxylation is 1. The molecule has 1 amide bonds. The smallest absolute Gasteiger partial charge is 0.252 e. The first-order valence-corrected chi connectivity index (χ1v) is 9.23. The molecule has 0 atom stereocenters. The number of hydrogen-bond donors (Lipinski definition) is 1. The number of pyridine rings is 1. The van der Waals surface area contributed by atoms with Gasteiger partial charge in [-0.05, 0) is 18.6 Å². The molecule has 7 nitrogen and oxygen atoms in total. The Balaban J connectivity index is 1.45. The summed E-state index contributed by atoms with van der Waals surface area (Å²) in [6, 6.07) is 3.74. The zero-order valence-corrected chi connectivity index (χ0v) is 15.5. The summed E-state index contributed by atoms with van der Waals surface area (Å²) >= 11 is 0. The van der Waals surface area contributed by atoms with Gasteiger partial charge in [-0.3, -0.25) is 4.79 Å². The Morgan fingerprint density at radius 3 is 2.77 bits per heavy atom. The topological polar surface area (TPSA) is 72.3 Å². The Labute approximate surface area is 154 Å². The van der Waals surface area contributed by atoms with E-state index >= 15 is 0 Å². The lowest BCUT2D eigenvalue weighted by Gasteiger charge is -2.27. The third kappa shape index (κ3) is 4.60.